The summed E-state index contributed by atoms with van der Waals surface area (Å²) in [6, 6.07) is -0.0617. The highest BCUT2D eigenvalue weighted by molar-refractivity contribution is 5.78. The van der Waals surface area contributed by atoms with E-state index >= 15 is 0 Å². The van der Waals surface area contributed by atoms with Gasteiger partial charge in [-0.15, -0.1) is 0 Å². The first-order valence-corrected chi connectivity index (χ1v) is 3.58. The second kappa shape index (κ2) is 5.85. The lowest BCUT2D eigenvalue weighted by Gasteiger charge is -2.09. The maximum Gasteiger partial charge on any atom is 0.234 e. The quantitative estimate of drug-likeness (QED) is 0.520. The van der Waals surface area contributed by atoms with Crippen molar-refractivity contribution in [2.75, 3.05) is 13.6 Å². The standard InChI is InChI=1S/C7H14N2O2/c1-6(3-4-10)9-7(11)5-8-2/h4,6,8H,3,5H2,1-2H3,(H,9,11). The Morgan fingerprint density at radius 1 is 1.64 bits per heavy atom. The Morgan fingerprint density at radius 2 is 2.27 bits per heavy atom. The van der Waals surface area contributed by atoms with Crippen LogP contribution in [0.25, 0.3) is 0 Å². The van der Waals surface area contributed by atoms with Crippen LogP contribution in [0.5, 0.6) is 0 Å². The van der Waals surface area contributed by atoms with E-state index in [1.807, 2.05) is 0 Å². The summed E-state index contributed by atoms with van der Waals surface area (Å²) in [5, 5.41) is 5.36. The van der Waals surface area contributed by atoms with Crippen LogP contribution in [0.15, 0.2) is 0 Å². The number of hydrogen-bond acceptors (Lipinski definition) is 3. The van der Waals surface area contributed by atoms with Gasteiger partial charge in [-0.1, -0.05) is 0 Å². The summed E-state index contributed by atoms with van der Waals surface area (Å²) < 4.78 is 0. The molecule has 4 nitrogen and oxygen atoms in total. The van der Waals surface area contributed by atoms with Crippen LogP contribution in [0.1, 0.15) is 13.3 Å². The average Bonchev–Trinajstić information content (AvgIpc) is 1.87. The van der Waals surface area contributed by atoms with Crippen LogP contribution >= 0.6 is 0 Å². The summed E-state index contributed by atoms with van der Waals surface area (Å²) in [6.07, 6.45) is 1.17. The minimum absolute atomic E-state index is 0.0617. The van der Waals surface area contributed by atoms with Gasteiger partial charge in [0, 0.05) is 12.5 Å². The molecular weight excluding hydrogens is 144 g/mol. The third-order valence-electron chi connectivity index (χ3n) is 1.19. The van der Waals surface area contributed by atoms with Crippen molar-refractivity contribution in [1.29, 1.82) is 0 Å². The molecule has 0 aliphatic heterocycles. The lowest BCUT2D eigenvalue weighted by Crippen LogP contribution is -2.38. The highest BCUT2D eigenvalue weighted by Crippen LogP contribution is 1.84. The summed E-state index contributed by atoms with van der Waals surface area (Å²) in [5.74, 6) is -0.0816. The van der Waals surface area contributed by atoms with Crippen molar-refractivity contribution in [3.63, 3.8) is 0 Å². The lowest BCUT2D eigenvalue weighted by molar-refractivity contribution is -0.120. The monoisotopic (exact) mass is 158 g/mol. The van der Waals surface area contributed by atoms with Crippen LogP contribution in [0, 0.1) is 0 Å². The lowest BCUT2D eigenvalue weighted by atomic mass is 10.2. The van der Waals surface area contributed by atoms with Gasteiger partial charge in [0.05, 0.1) is 6.54 Å². The molecule has 0 aromatic heterocycles. The van der Waals surface area contributed by atoms with Crippen molar-refractivity contribution < 1.29 is 9.59 Å². The number of aldehydes is 1. The molecule has 0 fully saturated rings. The van der Waals surface area contributed by atoms with Gasteiger partial charge in [0.2, 0.25) is 5.91 Å². The van der Waals surface area contributed by atoms with E-state index in [-0.39, 0.29) is 11.9 Å². The molecule has 0 radical (unpaired) electrons. The fourth-order valence-corrected chi connectivity index (χ4v) is 0.690. The van der Waals surface area contributed by atoms with Crippen molar-refractivity contribution in [1.82, 2.24) is 10.6 Å². The molecule has 0 aromatic rings. The van der Waals surface area contributed by atoms with E-state index in [2.05, 4.69) is 10.6 Å². The van der Waals surface area contributed by atoms with Crippen LogP contribution in [-0.2, 0) is 9.59 Å². The topological polar surface area (TPSA) is 58.2 Å². The Balaban J connectivity index is 3.48. The summed E-state index contributed by atoms with van der Waals surface area (Å²) in [6.45, 7) is 2.09. The molecule has 0 spiro atoms. The molecule has 0 rings (SSSR count). The van der Waals surface area contributed by atoms with Crippen molar-refractivity contribution in [3.8, 4) is 0 Å². The van der Waals surface area contributed by atoms with Crippen molar-refractivity contribution in [2.45, 2.75) is 19.4 Å². The minimum Gasteiger partial charge on any atom is -0.352 e. The van der Waals surface area contributed by atoms with Gasteiger partial charge in [-0.2, -0.15) is 0 Å². The SMILES string of the molecule is CNCC(=O)NC(C)CC=O. The maximum atomic E-state index is 10.8. The van der Waals surface area contributed by atoms with Gasteiger partial charge in [0.1, 0.15) is 6.29 Å². The number of nitrogens with one attached hydrogen (secondary N) is 2. The maximum absolute atomic E-state index is 10.8. The van der Waals surface area contributed by atoms with E-state index in [4.69, 9.17) is 0 Å². The third kappa shape index (κ3) is 5.54. The minimum atomic E-state index is -0.0816. The smallest absolute Gasteiger partial charge is 0.234 e. The number of rotatable bonds is 5. The molecule has 0 aliphatic carbocycles. The number of hydrogen-bond donors (Lipinski definition) is 2. The van der Waals surface area contributed by atoms with E-state index in [0.717, 1.165) is 6.29 Å². The predicted molar refractivity (Wildman–Crippen MR) is 42.2 cm³/mol. The van der Waals surface area contributed by atoms with Crippen molar-refractivity contribution in [2.24, 2.45) is 0 Å². The molecular formula is C7H14N2O2. The number of carbonyl (C=O) groups excluding carboxylic acids is 2. The first-order valence-electron chi connectivity index (χ1n) is 3.58. The van der Waals surface area contributed by atoms with Crippen LogP contribution in [-0.4, -0.2) is 31.8 Å². The highest BCUT2D eigenvalue weighted by Gasteiger charge is 2.04. The normalized spacial score (nSPS) is 12.2. The van der Waals surface area contributed by atoms with Gasteiger partial charge < -0.3 is 15.4 Å². The van der Waals surface area contributed by atoms with Gasteiger partial charge in [-0.3, -0.25) is 4.79 Å². The Labute approximate surface area is 66.4 Å². The summed E-state index contributed by atoms with van der Waals surface area (Å²) in [4.78, 5) is 20.8. The zero-order chi connectivity index (χ0) is 8.69. The summed E-state index contributed by atoms with van der Waals surface area (Å²) >= 11 is 0. The molecule has 0 aromatic carbocycles. The largest absolute Gasteiger partial charge is 0.352 e. The predicted octanol–water partition coefficient (Wildman–Crippen LogP) is -0.701. The van der Waals surface area contributed by atoms with E-state index < -0.39 is 0 Å². The van der Waals surface area contributed by atoms with E-state index in [1.165, 1.54) is 0 Å². The van der Waals surface area contributed by atoms with E-state index in [0.29, 0.717) is 13.0 Å². The van der Waals surface area contributed by atoms with E-state index in [9.17, 15) is 9.59 Å². The zero-order valence-electron chi connectivity index (χ0n) is 6.89. The Hall–Kier alpha value is -0.900. The molecule has 0 aliphatic rings. The second-order valence-electron chi connectivity index (χ2n) is 2.40. The number of amides is 1. The number of carbonyl (C=O) groups is 2. The molecule has 0 bridgehead atoms. The van der Waals surface area contributed by atoms with Crippen LogP contribution in [0.4, 0.5) is 0 Å². The Bertz CT molecular complexity index is 136. The summed E-state index contributed by atoms with van der Waals surface area (Å²) in [5.41, 5.74) is 0. The Kier molecular flexibility index (Phi) is 5.37. The molecule has 11 heavy (non-hydrogen) atoms. The second-order valence-corrected chi connectivity index (χ2v) is 2.40. The molecule has 0 saturated carbocycles. The molecule has 1 unspecified atom stereocenters. The first kappa shape index (κ1) is 10.1. The molecule has 2 N–H and O–H groups in total. The van der Waals surface area contributed by atoms with Gasteiger partial charge in [-0.05, 0) is 14.0 Å². The first-order chi connectivity index (χ1) is 5.20. The van der Waals surface area contributed by atoms with Gasteiger partial charge in [0.25, 0.3) is 0 Å². The van der Waals surface area contributed by atoms with E-state index in [1.54, 1.807) is 14.0 Å². The molecule has 64 valence electrons. The van der Waals surface area contributed by atoms with Crippen molar-refractivity contribution in [3.05, 3.63) is 0 Å². The van der Waals surface area contributed by atoms with Crippen LogP contribution < -0.4 is 10.6 Å². The highest BCUT2D eigenvalue weighted by atomic mass is 16.2. The third-order valence-corrected chi connectivity index (χ3v) is 1.19. The molecule has 0 heterocycles. The molecule has 4 heteroatoms. The zero-order valence-corrected chi connectivity index (χ0v) is 6.89. The molecule has 0 saturated heterocycles. The van der Waals surface area contributed by atoms with Gasteiger partial charge in [-0.25, -0.2) is 0 Å². The van der Waals surface area contributed by atoms with Crippen molar-refractivity contribution >= 4 is 12.2 Å². The van der Waals surface area contributed by atoms with Gasteiger partial charge in [0.15, 0.2) is 0 Å². The van der Waals surface area contributed by atoms with Crippen LogP contribution in [0.2, 0.25) is 0 Å². The fraction of sp³-hybridized carbons (Fsp3) is 0.714. The Morgan fingerprint density at radius 3 is 2.73 bits per heavy atom. The molecule has 1 amide bonds. The average molecular weight is 158 g/mol. The number of likely N-dealkylation sites (N-methyl/N-ethyl adjacent to an activating group) is 1. The summed E-state index contributed by atoms with van der Waals surface area (Å²) in [7, 11) is 1.70. The molecule has 1 atom stereocenters. The van der Waals surface area contributed by atoms with Gasteiger partial charge >= 0.3 is 0 Å². The van der Waals surface area contributed by atoms with Crippen LogP contribution in [0.3, 0.4) is 0 Å². The fourth-order valence-electron chi connectivity index (χ4n) is 0.690.